The van der Waals surface area contributed by atoms with Crippen molar-refractivity contribution in [3.05, 3.63) is 35.9 Å². The van der Waals surface area contributed by atoms with Crippen molar-refractivity contribution in [1.82, 2.24) is 4.90 Å². The van der Waals surface area contributed by atoms with Gasteiger partial charge in [-0.2, -0.15) is 5.26 Å². The molecule has 0 unspecified atom stereocenters. The summed E-state index contributed by atoms with van der Waals surface area (Å²) in [6.07, 6.45) is 5.48. The Kier molecular flexibility index (Phi) is 4.97. The summed E-state index contributed by atoms with van der Waals surface area (Å²) >= 11 is 0. The van der Waals surface area contributed by atoms with Gasteiger partial charge in [0, 0.05) is 12.5 Å². The topological polar surface area (TPSA) is 44.1 Å². The van der Waals surface area contributed by atoms with Gasteiger partial charge in [-0.3, -0.25) is 4.79 Å². The van der Waals surface area contributed by atoms with Crippen LogP contribution >= 0.6 is 0 Å². The van der Waals surface area contributed by atoms with Gasteiger partial charge in [-0.25, -0.2) is 0 Å². The first-order valence-corrected chi connectivity index (χ1v) is 7.01. The normalized spacial score (nSPS) is 15.7. The van der Waals surface area contributed by atoms with E-state index in [1.165, 1.54) is 6.42 Å². The Hall–Kier alpha value is -1.82. The summed E-state index contributed by atoms with van der Waals surface area (Å²) in [7, 11) is 0. The zero-order chi connectivity index (χ0) is 13.5. The van der Waals surface area contributed by atoms with Gasteiger partial charge in [0.05, 0.1) is 6.07 Å². The maximum atomic E-state index is 12.5. The minimum Gasteiger partial charge on any atom is -0.325 e. The van der Waals surface area contributed by atoms with E-state index in [0.717, 1.165) is 31.2 Å². The maximum absolute atomic E-state index is 12.5. The van der Waals surface area contributed by atoms with E-state index in [0.29, 0.717) is 6.54 Å². The van der Waals surface area contributed by atoms with Crippen LogP contribution in [-0.4, -0.2) is 17.4 Å². The molecule has 0 atom stereocenters. The van der Waals surface area contributed by atoms with Crippen LogP contribution in [0.3, 0.4) is 0 Å². The SMILES string of the molecule is N#CCN(Cc1ccccc1)C(=O)C1CCCCC1. The standard InChI is InChI=1S/C16H20N2O/c17-11-12-18(13-14-7-3-1-4-8-14)16(19)15-9-5-2-6-10-15/h1,3-4,7-8,15H,2,5-6,9-10,12-13H2. The molecule has 0 spiro atoms. The number of nitrogens with zero attached hydrogens (tertiary/aromatic N) is 2. The van der Waals surface area contributed by atoms with Gasteiger partial charge in [-0.15, -0.1) is 0 Å². The second-order valence-electron chi connectivity index (χ2n) is 5.17. The molecule has 0 saturated heterocycles. The summed E-state index contributed by atoms with van der Waals surface area (Å²) in [4.78, 5) is 14.2. The van der Waals surface area contributed by atoms with Gasteiger partial charge in [0.2, 0.25) is 5.91 Å². The van der Waals surface area contributed by atoms with Crippen LogP contribution in [-0.2, 0) is 11.3 Å². The summed E-state index contributed by atoms with van der Waals surface area (Å²) in [6.45, 7) is 0.730. The lowest BCUT2D eigenvalue weighted by atomic mass is 9.88. The Labute approximate surface area is 114 Å². The van der Waals surface area contributed by atoms with Gasteiger partial charge in [-0.1, -0.05) is 49.6 Å². The fourth-order valence-electron chi connectivity index (χ4n) is 2.71. The van der Waals surface area contributed by atoms with E-state index in [9.17, 15) is 4.79 Å². The van der Waals surface area contributed by atoms with Gasteiger partial charge in [0.1, 0.15) is 6.54 Å². The number of carbonyl (C=O) groups excluding carboxylic acids is 1. The molecule has 0 bridgehead atoms. The largest absolute Gasteiger partial charge is 0.325 e. The molecule has 0 heterocycles. The maximum Gasteiger partial charge on any atom is 0.226 e. The molecule has 1 aliphatic rings. The smallest absolute Gasteiger partial charge is 0.226 e. The molecule has 1 amide bonds. The van der Waals surface area contributed by atoms with E-state index in [-0.39, 0.29) is 18.4 Å². The summed E-state index contributed by atoms with van der Waals surface area (Å²) in [5.74, 6) is 0.288. The Morgan fingerprint density at radius 1 is 1.21 bits per heavy atom. The fourth-order valence-corrected chi connectivity index (χ4v) is 2.71. The van der Waals surface area contributed by atoms with Crippen LogP contribution in [0.5, 0.6) is 0 Å². The van der Waals surface area contributed by atoms with Crippen LogP contribution in [0.4, 0.5) is 0 Å². The summed E-state index contributed by atoms with van der Waals surface area (Å²) in [6, 6.07) is 12.0. The van der Waals surface area contributed by atoms with E-state index in [4.69, 9.17) is 5.26 Å². The third-order valence-electron chi connectivity index (χ3n) is 3.74. The molecule has 19 heavy (non-hydrogen) atoms. The molecular formula is C16H20N2O. The van der Waals surface area contributed by atoms with Crippen molar-refractivity contribution in [2.24, 2.45) is 5.92 Å². The van der Waals surface area contributed by atoms with Gasteiger partial charge < -0.3 is 4.90 Å². The summed E-state index contributed by atoms with van der Waals surface area (Å²) < 4.78 is 0. The molecule has 1 fully saturated rings. The molecular weight excluding hydrogens is 236 g/mol. The first-order valence-electron chi connectivity index (χ1n) is 7.01. The molecule has 0 aliphatic heterocycles. The molecule has 1 saturated carbocycles. The highest BCUT2D eigenvalue weighted by molar-refractivity contribution is 5.79. The van der Waals surface area contributed by atoms with Crippen molar-refractivity contribution in [3.63, 3.8) is 0 Å². The van der Waals surface area contributed by atoms with Crippen LogP contribution < -0.4 is 0 Å². The second kappa shape index (κ2) is 6.94. The van der Waals surface area contributed by atoms with Crippen molar-refractivity contribution in [2.45, 2.75) is 38.6 Å². The van der Waals surface area contributed by atoms with Crippen LogP contribution in [0.25, 0.3) is 0 Å². The Balaban J connectivity index is 2.02. The van der Waals surface area contributed by atoms with E-state index < -0.39 is 0 Å². The third-order valence-corrected chi connectivity index (χ3v) is 3.74. The quantitative estimate of drug-likeness (QED) is 0.777. The van der Waals surface area contributed by atoms with Crippen molar-refractivity contribution < 1.29 is 4.79 Å². The fraction of sp³-hybridized carbons (Fsp3) is 0.500. The Morgan fingerprint density at radius 3 is 2.53 bits per heavy atom. The highest BCUT2D eigenvalue weighted by Crippen LogP contribution is 2.25. The van der Waals surface area contributed by atoms with E-state index in [1.54, 1.807) is 4.90 Å². The summed E-state index contributed by atoms with van der Waals surface area (Å²) in [5.41, 5.74) is 1.09. The van der Waals surface area contributed by atoms with Crippen molar-refractivity contribution in [1.29, 1.82) is 5.26 Å². The van der Waals surface area contributed by atoms with Crippen molar-refractivity contribution in [3.8, 4) is 6.07 Å². The highest BCUT2D eigenvalue weighted by atomic mass is 16.2. The molecule has 0 aromatic heterocycles. The number of carbonyl (C=O) groups is 1. The van der Waals surface area contributed by atoms with Crippen LogP contribution in [0.1, 0.15) is 37.7 Å². The number of amides is 1. The summed E-state index contributed by atoms with van der Waals surface area (Å²) in [5, 5.41) is 8.92. The molecule has 1 aromatic carbocycles. The number of hydrogen-bond donors (Lipinski definition) is 0. The lowest BCUT2D eigenvalue weighted by Gasteiger charge is -2.27. The molecule has 1 aliphatic carbocycles. The number of rotatable bonds is 4. The second-order valence-corrected chi connectivity index (χ2v) is 5.17. The van der Waals surface area contributed by atoms with E-state index >= 15 is 0 Å². The minimum absolute atomic E-state index is 0.130. The van der Waals surface area contributed by atoms with Crippen molar-refractivity contribution >= 4 is 5.91 Å². The average molecular weight is 256 g/mol. The van der Waals surface area contributed by atoms with Gasteiger partial charge in [0.15, 0.2) is 0 Å². The monoisotopic (exact) mass is 256 g/mol. The Morgan fingerprint density at radius 2 is 1.89 bits per heavy atom. The average Bonchev–Trinajstić information content (AvgIpc) is 2.48. The number of hydrogen-bond acceptors (Lipinski definition) is 2. The number of benzene rings is 1. The first kappa shape index (κ1) is 13.6. The van der Waals surface area contributed by atoms with Crippen LogP contribution in [0.2, 0.25) is 0 Å². The number of nitriles is 1. The predicted molar refractivity (Wildman–Crippen MR) is 74.0 cm³/mol. The predicted octanol–water partition coefficient (Wildman–Crippen LogP) is 3.12. The lowest BCUT2D eigenvalue weighted by molar-refractivity contribution is -0.136. The zero-order valence-corrected chi connectivity index (χ0v) is 11.2. The van der Waals surface area contributed by atoms with Crippen LogP contribution in [0, 0.1) is 17.2 Å². The molecule has 1 aromatic rings. The molecule has 0 N–H and O–H groups in total. The molecule has 0 radical (unpaired) electrons. The van der Waals surface area contributed by atoms with Crippen LogP contribution in [0.15, 0.2) is 30.3 Å². The van der Waals surface area contributed by atoms with Gasteiger partial charge >= 0.3 is 0 Å². The van der Waals surface area contributed by atoms with E-state index in [1.807, 2.05) is 30.3 Å². The third kappa shape index (κ3) is 3.82. The molecule has 3 nitrogen and oxygen atoms in total. The lowest BCUT2D eigenvalue weighted by Crippen LogP contribution is -2.36. The highest BCUT2D eigenvalue weighted by Gasteiger charge is 2.25. The molecule has 3 heteroatoms. The first-order chi connectivity index (χ1) is 9.31. The Bertz CT molecular complexity index is 444. The van der Waals surface area contributed by atoms with Gasteiger partial charge in [-0.05, 0) is 18.4 Å². The molecule has 2 rings (SSSR count). The minimum atomic E-state index is 0.130. The van der Waals surface area contributed by atoms with Crippen molar-refractivity contribution in [2.75, 3.05) is 6.54 Å². The molecule has 100 valence electrons. The zero-order valence-electron chi connectivity index (χ0n) is 11.2. The van der Waals surface area contributed by atoms with E-state index in [2.05, 4.69) is 6.07 Å². The van der Waals surface area contributed by atoms with Gasteiger partial charge in [0.25, 0.3) is 0 Å².